The van der Waals surface area contributed by atoms with E-state index in [1.54, 1.807) is 28.4 Å². The molecule has 0 spiro atoms. The van der Waals surface area contributed by atoms with E-state index < -0.39 is 0 Å². The normalized spacial score (nSPS) is 14.4. The van der Waals surface area contributed by atoms with Gasteiger partial charge in [0.15, 0.2) is 11.5 Å². The summed E-state index contributed by atoms with van der Waals surface area (Å²) in [4.78, 5) is 23.4. The highest BCUT2D eigenvalue weighted by atomic mass is 32.1. The molecular weight excluding hydrogens is 438 g/mol. The van der Waals surface area contributed by atoms with E-state index in [0.717, 1.165) is 42.0 Å². The molecule has 1 fully saturated rings. The molecule has 6 rings (SSSR count). The van der Waals surface area contributed by atoms with Gasteiger partial charge in [0, 0.05) is 29.1 Å². The molecule has 1 aromatic carbocycles. The fraction of sp³-hybridized carbons (Fsp3) is 0.250. The van der Waals surface area contributed by atoms with Crippen LogP contribution < -0.4 is 14.8 Å². The van der Waals surface area contributed by atoms with Gasteiger partial charge in [0.1, 0.15) is 0 Å². The maximum Gasteiger partial charge on any atom is 0.254 e. The molecule has 3 aromatic heterocycles. The summed E-state index contributed by atoms with van der Waals surface area (Å²) < 4.78 is 12.6. The number of hydrogen-bond acceptors (Lipinski definition) is 7. The molecule has 0 bridgehead atoms. The van der Waals surface area contributed by atoms with Crippen LogP contribution in [0.1, 0.15) is 39.7 Å². The lowest BCUT2D eigenvalue weighted by molar-refractivity contribution is 0.0953. The van der Waals surface area contributed by atoms with Gasteiger partial charge in [0.25, 0.3) is 11.9 Å². The van der Waals surface area contributed by atoms with Crippen LogP contribution in [-0.4, -0.2) is 39.0 Å². The van der Waals surface area contributed by atoms with Crippen molar-refractivity contribution in [3.63, 3.8) is 0 Å². The third-order valence-corrected chi connectivity index (χ3v) is 6.69. The number of benzene rings is 1. The third kappa shape index (κ3) is 3.95. The predicted octanol–water partition coefficient (Wildman–Crippen LogP) is 3.97. The molecule has 1 aliphatic heterocycles. The number of carbonyl (C=O) groups is 1. The molecule has 9 heteroatoms. The van der Waals surface area contributed by atoms with Gasteiger partial charge < -0.3 is 14.8 Å². The summed E-state index contributed by atoms with van der Waals surface area (Å²) in [7, 11) is 0. The molecule has 8 nitrogen and oxygen atoms in total. The first-order chi connectivity index (χ1) is 16.3. The van der Waals surface area contributed by atoms with E-state index in [1.165, 1.54) is 4.88 Å². The Bertz CT molecular complexity index is 1310. The Morgan fingerprint density at radius 2 is 2.09 bits per heavy atom. The lowest BCUT2D eigenvalue weighted by Gasteiger charge is -2.09. The van der Waals surface area contributed by atoms with Crippen LogP contribution in [0.4, 0.5) is 0 Å². The van der Waals surface area contributed by atoms with Crippen molar-refractivity contribution in [2.45, 2.75) is 25.2 Å². The van der Waals surface area contributed by atoms with Gasteiger partial charge in [0.05, 0.1) is 23.1 Å². The van der Waals surface area contributed by atoms with Crippen LogP contribution in [0.2, 0.25) is 0 Å². The fourth-order valence-electron chi connectivity index (χ4n) is 3.96. The van der Waals surface area contributed by atoms with Gasteiger partial charge >= 0.3 is 0 Å². The lowest BCUT2D eigenvalue weighted by atomic mass is 10.1. The Balaban J connectivity index is 1.27. The lowest BCUT2D eigenvalue weighted by Crippen LogP contribution is -2.26. The van der Waals surface area contributed by atoms with Crippen molar-refractivity contribution < 1.29 is 14.3 Å². The highest BCUT2D eigenvalue weighted by Crippen LogP contribution is 2.42. The molecule has 4 heterocycles. The number of ether oxygens (including phenoxy) is 2. The maximum atomic E-state index is 12.9. The zero-order chi connectivity index (χ0) is 22.2. The van der Waals surface area contributed by atoms with Crippen LogP contribution in [0.3, 0.4) is 0 Å². The third-order valence-electron chi connectivity index (χ3n) is 5.75. The Hall–Kier alpha value is -3.72. The maximum absolute atomic E-state index is 12.9. The minimum atomic E-state index is -0.105. The topological polar surface area (TPSA) is 91.2 Å². The number of nitrogens with zero attached hydrogens (tertiary/aromatic N) is 4. The SMILES string of the molecule is O=C(NCCc1cccs1)c1cnn(-c2nccc(-c3ccc4c(c3)OCO4)n2)c1C1CC1. The summed E-state index contributed by atoms with van der Waals surface area (Å²) in [5.41, 5.74) is 3.12. The van der Waals surface area contributed by atoms with Crippen LogP contribution in [-0.2, 0) is 6.42 Å². The zero-order valence-electron chi connectivity index (χ0n) is 17.7. The van der Waals surface area contributed by atoms with Crippen molar-refractivity contribution in [1.29, 1.82) is 0 Å². The average Bonchev–Trinajstić information content (AvgIpc) is 3.23. The largest absolute Gasteiger partial charge is 0.454 e. The van der Waals surface area contributed by atoms with Gasteiger partial charge in [-0.25, -0.2) is 14.6 Å². The molecule has 0 unspecified atom stereocenters. The van der Waals surface area contributed by atoms with E-state index in [9.17, 15) is 4.79 Å². The molecular formula is C24H21N5O3S. The molecule has 166 valence electrons. The smallest absolute Gasteiger partial charge is 0.254 e. The first kappa shape index (κ1) is 19.9. The van der Waals surface area contributed by atoms with E-state index in [0.29, 0.717) is 29.7 Å². The summed E-state index contributed by atoms with van der Waals surface area (Å²) in [6.45, 7) is 0.814. The van der Waals surface area contributed by atoms with Crippen molar-refractivity contribution >= 4 is 17.2 Å². The number of thiophene rings is 1. The van der Waals surface area contributed by atoms with Crippen molar-refractivity contribution in [1.82, 2.24) is 25.1 Å². The molecule has 0 radical (unpaired) electrons. The second kappa shape index (κ2) is 8.32. The van der Waals surface area contributed by atoms with E-state index in [4.69, 9.17) is 14.5 Å². The number of rotatable bonds is 7. The number of hydrogen-bond donors (Lipinski definition) is 1. The number of carbonyl (C=O) groups excluding carboxylic acids is 1. The molecule has 2 aliphatic rings. The number of nitrogens with one attached hydrogen (secondary N) is 1. The zero-order valence-corrected chi connectivity index (χ0v) is 18.5. The van der Waals surface area contributed by atoms with Gasteiger partial charge in [-0.05, 0) is 55.0 Å². The quantitative estimate of drug-likeness (QED) is 0.450. The molecule has 1 N–H and O–H groups in total. The molecule has 4 aromatic rings. The summed E-state index contributed by atoms with van der Waals surface area (Å²) >= 11 is 1.70. The minimum Gasteiger partial charge on any atom is -0.454 e. The minimum absolute atomic E-state index is 0.105. The van der Waals surface area contributed by atoms with Crippen LogP contribution in [0.5, 0.6) is 11.5 Å². The van der Waals surface area contributed by atoms with E-state index in [2.05, 4.69) is 21.5 Å². The monoisotopic (exact) mass is 459 g/mol. The van der Waals surface area contributed by atoms with Gasteiger partial charge in [-0.1, -0.05) is 6.07 Å². The highest BCUT2D eigenvalue weighted by molar-refractivity contribution is 7.09. The van der Waals surface area contributed by atoms with Crippen LogP contribution >= 0.6 is 11.3 Å². The Morgan fingerprint density at radius 1 is 1.18 bits per heavy atom. The second-order valence-electron chi connectivity index (χ2n) is 8.02. The van der Waals surface area contributed by atoms with Gasteiger partial charge in [0.2, 0.25) is 6.79 Å². The molecule has 1 saturated carbocycles. The van der Waals surface area contributed by atoms with E-state index in [1.807, 2.05) is 35.7 Å². The summed E-state index contributed by atoms with van der Waals surface area (Å²) in [5.74, 6) is 2.07. The molecule has 0 saturated heterocycles. The first-order valence-corrected chi connectivity index (χ1v) is 11.8. The van der Waals surface area contributed by atoms with Gasteiger partial charge in [-0.3, -0.25) is 4.79 Å². The average molecular weight is 460 g/mol. The molecule has 1 amide bonds. The van der Waals surface area contributed by atoms with Crippen molar-refractivity contribution in [3.8, 4) is 28.7 Å². The summed E-state index contributed by atoms with van der Waals surface area (Å²) in [6, 6.07) is 11.7. The summed E-state index contributed by atoms with van der Waals surface area (Å²) in [6.07, 6.45) is 6.22. The standard InChI is InChI=1S/C24H21N5O3S/c30-23(25-9-7-17-2-1-11-33-17)18-13-27-29(22(18)15-3-4-15)24-26-10-8-19(28-24)16-5-6-20-21(12-16)32-14-31-20/h1-2,5-6,8,10-13,15H,3-4,7,9,14H2,(H,25,30). The van der Waals surface area contributed by atoms with Crippen molar-refractivity contribution in [2.24, 2.45) is 0 Å². The van der Waals surface area contributed by atoms with Gasteiger partial charge in [-0.15, -0.1) is 11.3 Å². The van der Waals surface area contributed by atoms with Crippen LogP contribution in [0.25, 0.3) is 17.2 Å². The van der Waals surface area contributed by atoms with E-state index in [-0.39, 0.29) is 12.7 Å². The van der Waals surface area contributed by atoms with Crippen LogP contribution in [0.15, 0.2) is 54.2 Å². The number of fused-ring (bicyclic) bond motifs is 1. The Kier molecular flexibility index (Phi) is 5.03. The highest BCUT2D eigenvalue weighted by Gasteiger charge is 2.33. The molecule has 0 atom stereocenters. The van der Waals surface area contributed by atoms with E-state index >= 15 is 0 Å². The summed E-state index contributed by atoms with van der Waals surface area (Å²) in [5, 5.41) is 9.59. The Morgan fingerprint density at radius 3 is 2.94 bits per heavy atom. The first-order valence-electron chi connectivity index (χ1n) is 10.9. The number of aromatic nitrogens is 4. The molecule has 33 heavy (non-hydrogen) atoms. The predicted molar refractivity (Wildman–Crippen MR) is 123 cm³/mol. The Labute approximate surface area is 194 Å². The van der Waals surface area contributed by atoms with Gasteiger partial charge in [-0.2, -0.15) is 5.10 Å². The second-order valence-corrected chi connectivity index (χ2v) is 9.06. The fourth-order valence-corrected chi connectivity index (χ4v) is 4.67. The molecule has 1 aliphatic carbocycles. The van der Waals surface area contributed by atoms with Crippen molar-refractivity contribution in [2.75, 3.05) is 13.3 Å². The van der Waals surface area contributed by atoms with Crippen molar-refractivity contribution in [3.05, 3.63) is 70.3 Å². The van der Waals surface area contributed by atoms with Crippen LogP contribution in [0, 0.1) is 0 Å². The number of amides is 1.